The number of rotatable bonds is 0. The van der Waals surface area contributed by atoms with Crippen LogP contribution in [0.1, 0.15) is 0 Å². The molecule has 1 radical (unpaired) electrons. The molecule has 0 fully saturated rings. The van der Waals surface area contributed by atoms with Crippen molar-refractivity contribution in [2.24, 2.45) is 0 Å². The van der Waals surface area contributed by atoms with Crippen LogP contribution < -0.4 is 15.3 Å². The maximum atomic E-state index is 8.36. The van der Waals surface area contributed by atoms with E-state index in [4.69, 9.17) is 91.0 Å². The second-order valence-corrected chi connectivity index (χ2v) is 1.20. The molecule has 24 heteroatoms. The molecule has 27 heavy (non-hydrogen) atoms. The minimum Gasteiger partial charge on any atom is -0.554 e. The molecule has 0 saturated carbocycles. The molecule has 0 amide bonds. The molecule has 0 aliphatic carbocycles. The third-order valence-corrected chi connectivity index (χ3v) is 0. The van der Waals surface area contributed by atoms with E-state index in [1.54, 1.807) is 0 Å². The Morgan fingerprint density at radius 3 is 0.556 bits per heavy atom. The van der Waals surface area contributed by atoms with E-state index < -0.39 is 39.8 Å². The van der Waals surface area contributed by atoms with Gasteiger partial charge < -0.3 is 80.9 Å². The van der Waals surface area contributed by atoms with E-state index in [0.717, 1.165) is 0 Å². The largest absolute Gasteiger partial charge is 3.00 e. The zero-order valence-corrected chi connectivity index (χ0v) is 17.2. The summed E-state index contributed by atoms with van der Waals surface area (Å²) in [6.45, 7) is -1.50. The van der Waals surface area contributed by atoms with Crippen LogP contribution in [-0.4, -0.2) is 45.0 Å². The fraction of sp³-hybridized carbons (Fsp3) is 0. The quantitative estimate of drug-likeness (QED) is 0.113. The summed E-state index contributed by atoms with van der Waals surface area (Å²) in [5.74, 6) is 0. The average molecular weight is 624 g/mol. The van der Waals surface area contributed by atoms with E-state index in [0.29, 0.717) is 0 Å². The summed E-state index contributed by atoms with van der Waals surface area (Å²) >= 11 is 0. The molecule has 0 aliphatic rings. The first-order valence-electron chi connectivity index (χ1n) is 3.62. The molecule has 0 saturated heterocycles. The molecule has 0 aromatic heterocycles. The van der Waals surface area contributed by atoms with Crippen LogP contribution in [0.5, 0.6) is 0 Å². The molecule has 0 aromatic carbocycles. The first kappa shape index (κ1) is 56.4. The van der Waals surface area contributed by atoms with Gasteiger partial charge in [-0.15, -0.1) is 10.1 Å². The van der Waals surface area contributed by atoms with Crippen molar-refractivity contribution >= 4 is 19.4 Å². The van der Waals surface area contributed by atoms with E-state index in [1.165, 1.54) is 0 Å². The maximum absolute atomic E-state index is 8.36. The minimum absolute atomic E-state index is 0. The van der Waals surface area contributed by atoms with Gasteiger partial charge in [-0.3, -0.25) is 0 Å². The Balaban J connectivity index is -0.0000000198. The zero-order valence-electron chi connectivity index (χ0n) is 11.8. The van der Waals surface area contributed by atoms with Gasteiger partial charge in [0.2, 0.25) is 0 Å². The van der Waals surface area contributed by atoms with Gasteiger partial charge in [-0.05, 0) is 0 Å². The molecule has 0 aliphatic heterocycles. The van der Waals surface area contributed by atoms with Gasteiger partial charge in [0.15, 0.2) is 0 Å². The summed E-state index contributed by atoms with van der Waals surface area (Å²) in [5.41, 5.74) is 0. The molecule has 0 spiro atoms. The number of hydrogen-bond acceptors (Lipinski definition) is 17. The summed E-state index contributed by atoms with van der Waals surface area (Å²) in [7, 11) is 0. The van der Waals surface area contributed by atoms with Gasteiger partial charge in [-0.2, -0.15) is 0 Å². The molecule has 0 heterocycles. The number of carbonyl (C=O) groups is 3. The van der Waals surface area contributed by atoms with E-state index in [-0.39, 0.29) is 55.1 Å². The topological polar surface area (TPSA) is 382 Å². The van der Waals surface area contributed by atoms with Crippen LogP contribution in [0.15, 0.2) is 0 Å². The van der Waals surface area contributed by atoms with Crippen molar-refractivity contribution in [3.63, 3.8) is 0 Å². The van der Waals surface area contributed by atoms with Gasteiger partial charge in [0.1, 0.15) is 0 Å². The van der Waals surface area contributed by atoms with Crippen LogP contribution in [0.4, 0.5) is 0 Å². The third-order valence-electron chi connectivity index (χ3n) is 0. The number of hydrogen-bond donors (Lipinski definition) is 1. The standard InChI is InChI=1S/3CH2O2.La.HNO3.3NO3.Ru/c3*2-1-3;;4*2-1(3)4;/h3*1H,(H,2,3);;(H,2,3,4);;;;/q;;;+3;;3*-1;+3/p-3. The van der Waals surface area contributed by atoms with Gasteiger partial charge in [0, 0.05) is 19.4 Å². The fourth-order valence-corrected chi connectivity index (χ4v) is 0. The minimum atomic E-state index is -1.75. The van der Waals surface area contributed by atoms with Crippen LogP contribution >= 0.6 is 0 Å². The van der Waals surface area contributed by atoms with Gasteiger partial charge in [0.25, 0.3) is 5.09 Å². The molecular formula is C3H4LaN4O18Ru. The summed E-state index contributed by atoms with van der Waals surface area (Å²) < 4.78 is 0. The van der Waals surface area contributed by atoms with Gasteiger partial charge in [-0.1, -0.05) is 0 Å². The van der Waals surface area contributed by atoms with Gasteiger partial charge in [-0.25, -0.2) is 0 Å². The van der Waals surface area contributed by atoms with Crippen LogP contribution in [0.3, 0.4) is 0 Å². The summed E-state index contributed by atoms with van der Waals surface area (Å²) in [6, 6.07) is 0. The summed E-state index contributed by atoms with van der Waals surface area (Å²) in [6.07, 6.45) is 0. The number of carbonyl (C=O) groups excluding carboxylic acids is 3. The van der Waals surface area contributed by atoms with Gasteiger partial charge >= 0.3 is 55.1 Å². The van der Waals surface area contributed by atoms with Crippen LogP contribution in [0, 0.1) is 91.7 Å². The normalized spacial score (nSPS) is 4.89. The Morgan fingerprint density at radius 1 is 0.556 bits per heavy atom. The number of nitrogens with zero attached hydrogens (tertiary/aromatic N) is 4. The van der Waals surface area contributed by atoms with E-state index in [2.05, 4.69) is 0 Å². The summed E-state index contributed by atoms with van der Waals surface area (Å²) in [4.78, 5) is 57.9. The van der Waals surface area contributed by atoms with Crippen molar-refractivity contribution in [3.05, 3.63) is 56.1 Å². The Labute approximate surface area is 185 Å². The Bertz CT molecular complexity index is 273. The molecule has 0 rings (SSSR count). The summed E-state index contributed by atoms with van der Waals surface area (Å²) in [5, 5.41) is 82.6. The smallest absolute Gasteiger partial charge is 0.554 e. The van der Waals surface area contributed by atoms with Crippen molar-refractivity contribution in [2.45, 2.75) is 0 Å². The van der Waals surface area contributed by atoms with Crippen molar-refractivity contribution in [3.8, 4) is 0 Å². The predicted octanol–water partition coefficient (Wildman–Crippen LogP) is -5.97. The van der Waals surface area contributed by atoms with Crippen molar-refractivity contribution in [2.75, 3.05) is 0 Å². The van der Waals surface area contributed by atoms with Crippen LogP contribution in [-0.2, 0) is 33.9 Å². The number of carboxylic acid groups (broad SMARTS) is 3. The molecular weight excluding hydrogens is 620 g/mol. The average Bonchev–Trinajstić information content (AvgIpc) is 2.27. The monoisotopic (exact) mass is 625 g/mol. The van der Waals surface area contributed by atoms with Gasteiger partial charge in [0.05, 0.1) is 15.3 Å². The van der Waals surface area contributed by atoms with Crippen LogP contribution in [0.25, 0.3) is 0 Å². The Morgan fingerprint density at radius 2 is 0.556 bits per heavy atom. The van der Waals surface area contributed by atoms with Crippen molar-refractivity contribution in [1.82, 2.24) is 0 Å². The first-order chi connectivity index (χ1) is 11.2. The third kappa shape index (κ3) is 1150. The Kier molecular flexibility index (Phi) is 161. The van der Waals surface area contributed by atoms with E-state index in [9.17, 15) is 0 Å². The molecule has 0 aromatic rings. The fourth-order valence-electron chi connectivity index (χ4n) is 0. The predicted molar refractivity (Wildman–Crippen MR) is 58.1 cm³/mol. The molecule has 1 N–H and O–H groups in total. The second kappa shape index (κ2) is 77.2. The zero-order chi connectivity index (χ0) is 22.4. The van der Waals surface area contributed by atoms with E-state index in [1.807, 2.05) is 0 Å². The molecule has 155 valence electrons. The van der Waals surface area contributed by atoms with E-state index >= 15 is 0 Å². The maximum Gasteiger partial charge on any atom is 3.00 e. The molecule has 0 bridgehead atoms. The van der Waals surface area contributed by atoms with Crippen molar-refractivity contribution < 1.29 is 110 Å². The van der Waals surface area contributed by atoms with Crippen LogP contribution in [0.2, 0.25) is 0 Å². The van der Waals surface area contributed by atoms with Crippen molar-refractivity contribution in [1.29, 1.82) is 0 Å². The molecule has 0 atom stereocenters. The SMILES string of the molecule is O=C[O-].O=C[O-].O=C[O-].O=[N+]([O-])O.O=[N+]([O-])[O-].O=[N+]([O-])[O-].O=[N+]([O-])[O-].[La+3].[Ru+3]. The first-order valence-corrected chi connectivity index (χ1v) is 3.62. The Hall–Kier alpha value is -2.97. The second-order valence-electron chi connectivity index (χ2n) is 1.20. The molecule has 0 unspecified atom stereocenters. The molecule has 22 nitrogen and oxygen atoms in total.